The Labute approximate surface area is 141 Å². The molecule has 2 rings (SSSR count). The van der Waals surface area contributed by atoms with Gasteiger partial charge in [0.25, 0.3) is 0 Å². The van der Waals surface area contributed by atoms with Gasteiger partial charge in [-0.2, -0.15) is 0 Å². The SMILES string of the molecule is COc1cc(I)c(C=O)c(NC(=O)OCc2ccccc2)c1. The first-order valence-electron chi connectivity index (χ1n) is 6.44. The van der Waals surface area contributed by atoms with Gasteiger partial charge in [-0.1, -0.05) is 30.3 Å². The third kappa shape index (κ3) is 4.20. The number of hydrogen-bond acceptors (Lipinski definition) is 4. The minimum absolute atomic E-state index is 0.157. The van der Waals surface area contributed by atoms with E-state index in [9.17, 15) is 9.59 Å². The van der Waals surface area contributed by atoms with Crippen molar-refractivity contribution in [3.63, 3.8) is 0 Å². The summed E-state index contributed by atoms with van der Waals surface area (Å²) in [5, 5.41) is 2.57. The molecule has 22 heavy (non-hydrogen) atoms. The first-order valence-corrected chi connectivity index (χ1v) is 7.52. The van der Waals surface area contributed by atoms with E-state index in [0.29, 0.717) is 26.9 Å². The number of halogens is 1. The summed E-state index contributed by atoms with van der Waals surface area (Å²) in [6, 6.07) is 12.6. The monoisotopic (exact) mass is 411 g/mol. The predicted molar refractivity (Wildman–Crippen MR) is 91.3 cm³/mol. The molecule has 0 aliphatic heterocycles. The molecular weight excluding hydrogens is 397 g/mol. The molecular formula is C16H14INO4. The van der Waals surface area contributed by atoms with Crippen LogP contribution in [0.25, 0.3) is 0 Å². The highest BCUT2D eigenvalue weighted by atomic mass is 127. The Morgan fingerprint density at radius 2 is 2.00 bits per heavy atom. The average molecular weight is 411 g/mol. The van der Waals surface area contributed by atoms with Crippen molar-refractivity contribution in [2.24, 2.45) is 0 Å². The first-order chi connectivity index (χ1) is 10.6. The number of anilines is 1. The lowest BCUT2D eigenvalue weighted by molar-refractivity contribution is 0.112. The smallest absolute Gasteiger partial charge is 0.411 e. The van der Waals surface area contributed by atoms with Gasteiger partial charge in [-0.15, -0.1) is 0 Å². The number of benzene rings is 2. The molecule has 0 fully saturated rings. The summed E-state index contributed by atoms with van der Waals surface area (Å²) in [6.45, 7) is 0.157. The summed E-state index contributed by atoms with van der Waals surface area (Å²) in [4.78, 5) is 23.0. The van der Waals surface area contributed by atoms with Crippen molar-refractivity contribution in [2.75, 3.05) is 12.4 Å². The summed E-state index contributed by atoms with van der Waals surface area (Å²) >= 11 is 2.01. The lowest BCUT2D eigenvalue weighted by Gasteiger charge is -2.11. The van der Waals surface area contributed by atoms with E-state index in [1.54, 1.807) is 12.1 Å². The van der Waals surface area contributed by atoms with Gasteiger partial charge in [-0.3, -0.25) is 10.1 Å². The van der Waals surface area contributed by atoms with Crippen LogP contribution in [0.1, 0.15) is 15.9 Å². The molecule has 6 heteroatoms. The van der Waals surface area contributed by atoms with Gasteiger partial charge < -0.3 is 9.47 Å². The van der Waals surface area contributed by atoms with Crippen LogP contribution in [-0.2, 0) is 11.3 Å². The van der Waals surface area contributed by atoms with Crippen LogP contribution in [0.2, 0.25) is 0 Å². The van der Waals surface area contributed by atoms with E-state index >= 15 is 0 Å². The Balaban J connectivity index is 2.07. The first kappa shape index (κ1) is 16.3. The third-order valence-electron chi connectivity index (χ3n) is 2.91. The normalized spacial score (nSPS) is 9.91. The molecule has 0 aliphatic carbocycles. The van der Waals surface area contributed by atoms with Crippen LogP contribution in [0.5, 0.6) is 5.75 Å². The van der Waals surface area contributed by atoms with E-state index in [-0.39, 0.29) is 6.61 Å². The van der Waals surface area contributed by atoms with Crippen molar-refractivity contribution in [3.05, 3.63) is 57.2 Å². The third-order valence-corrected chi connectivity index (χ3v) is 3.80. The Morgan fingerprint density at radius 3 is 2.64 bits per heavy atom. The number of aldehydes is 1. The van der Waals surface area contributed by atoms with Gasteiger partial charge in [0.05, 0.1) is 18.4 Å². The predicted octanol–water partition coefficient (Wildman–Crippen LogP) is 3.86. The molecule has 0 heterocycles. The Morgan fingerprint density at radius 1 is 1.27 bits per heavy atom. The van der Waals surface area contributed by atoms with E-state index in [0.717, 1.165) is 5.56 Å². The van der Waals surface area contributed by atoms with Crippen LogP contribution >= 0.6 is 22.6 Å². The zero-order valence-corrected chi connectivity index (χ0v) is 14.0. The van der Waals surface area contributed by atoms with Crippen LogP contribution in [0.15, 0.2) is 42.5 Å². The van der Waals surface area contributed by atoms with Crippen molar-refractivity contribution < 1.29 is 19.1 Å². The molecule has 114 valence electrons. The fraction of sp³-hybridized carbons (Fsp3) is 0.125. The molecule has 0 saturated carbocycles. The van der Waals surface area contributed by atoms with Crippen molar-refractivity contribution in [2.45, 2.75) is 6.61 Å². The summed E-state index contributed by atoms with van der Waals surface area (Å²) in [5.74, 6) is 0.549. The molecule has 0 aromatic heterocycles. The largest absolute Gasteiger partial charge is 0.497 e. The summed E-state index contributed by atoms with van der Waals surface area (Å²) in [6.07, 6.45) is 0.0598. The van der Waals surface area contributed by atoms with Crippen molar-refractivity contribution in [1.29, 1.82) is 0 Å². The zero-order valence-electron chi connectivity index (χ0n) is 11.8. The van der Waals surface area contributed by atoms with Gasteiger partial charge in [0.15, 0.2) is 6.29 Å². The van der Waals surface area contributed by atoms with Crippen LogP contribution in [0.4, 0.5) is 10.5 Å². The lowest BCUT2D eigenvalue weighted by atomic mass is 10.2. The maximum Gasteiger partial charge on any atom is 0.411 e. The van der Waals surface area contributed by atoms with Crippen molar-refractivity contribution in [1.82, 2.24) is 0 Å². The van der Waals surface area contributed by atoms with E-state index in [1.165, 1.54) is 7.11 Å². The number of hydrogen-bond donors (Lipinski definition) is 1. The Bertz CT molecular complexity index is 673. The zero-order chi connectivity index (χ0) is 15.9. The second kappa shape index (κ2) is 7.79. The van der Waals surface area contributed by atoms with E-state index < -0.39 is 6.09 Å². The van der Waals surface area contributed by atoms with Gasteiger partial charge >= 0.3 is 6.09 Å². The summed E-state index contributed by atoms with van der Waals surface area (Å²) in [5.41, 5.74) is 1.63. The fourth-order valence-corrected chi connectivity index (χ4v) is 2.53. The highest BCUT2D eigenvalue weighted by molar-refractivity contribution is 14.1. The second-order valence-electron chi connectivity index (χ2n) is 4.38. The molecule has 1 N–H and O–H groups in total. The Hall–Kier alpha value is -2.09. The van der Waals surface area contributed by atoms with Crippen molar-refractivity contribution in [3.8, 4) is 5.75 Å². The lowest BCUT2D eigenvalue weighted by Crippen LogP contribution is -2.15. The summed E-state index contributed by atoms with van der Waals surface area (Å²) in [7, 11) is 1.52. The van der Waals surface area contributed by atoms with Gasteiger partial charge in [-0.25, -0.2) is 4.79 Å². The minimum Gasteiger partial charge on any atom is -0.497 e. The highest BCUT2D eigenvalue weighted by Crippen LogP contribution is 2.27. The highest BCUT2D eigenvalue weighted by Gasteiger charge is 2.12. The minimum atomic E-state index is -0.629. The quantitative estimate of drug-likeness (QED) is 0.600. The fourth-order valence-electron chi connectivity index (χ4n) is 1.80. The number of carbonyl (C=O) groups excluding carboxylic acids is 2. The molecule has 0 atom stereocenters. The number of rotatable bonds is 5. The van der Waals surface area contributed by atoms with Gasteiger partial charge in [0, 0.05) is 9.64 Å². The van der Waals surface area contributed by atoms with Crippen LogP contribution in [0, 0.1) is 3.57 Å². The molecule has 0 bridgehead atoms. The van der Waals surface area contributed by atoms with Crippen molar-refractivity contribution >= 4 is 40.7 Å². The van der Waals surface area contributed by atoms with E-state index in [1.807, 2.05) is 52.9 Å². The number of carbonyl (C=O) groups is 2. The number of methoxy groups -OCH3 is 1. The second-order valence-corrected chi connectivity index (χ2v) is 5.54. The number of ether oxygens (including phenoxy) is 2. The molecule has 0 aliphatic rings. The summed E-state index contributed by atoms with van der Waals surface area (Å²) < 4.78 is 11.0. The molecule has 0 unspecified atom stereocenters. The van der Waals surface area contributed by atoms with Crippen LogP contribution in [0.3, 0.4) is 0 Å². The maximum atomic E-state index is 11.9. The Kier molecular flexibility index (Phi) is 5.76. The molecule has 1 amide bonds. The number of amides is 1. The van der Waals surface area contributed by atoms with E-state index in [4.69, 9.17) is 9.47 Å². The molecule has 0 radical (unpaired) electrons. The van der Waals surface area contributed by atoms with Gasteiger partial charge in [0.1, 0.15) is 12.4 Å². The molecule has 2 aromatic carbocycles. The molecule has 0 spiro atoms. The van der Waals surface area contributed by atoms with Crippen LogP contribution in [-0.4, -0.2) is 19.5 Å². The van der Waals surface area contributed by atoms with Gasteiger partial charge in [-0.05, 0) is 34.2 Å². The standard InChI is InChI=1S/C16H14INO4/c1-21-12-7-14(17)13(9-19)15(8-12)18-16(20)22-10-11-5-3-2-4-6-11/h2-9H,10H2,1H3,(H,18,20). The molecule has 0 saturated heterocycles. The van der Waals surface area contributed by atoms with Crippen LogP contribution < -0.4 is 10.1 Å². The topological polar surface area (TPSA) is 64.6 Å². The number of nitrogens with one attached hydrogen (secondary N) is 1. The molecule has 5 nitrogen and oxygen atoms in total. The average Bonchev–Trinajstić information content (AvgIpc) is 2.53. The van der Waals surface area contributed by atoms with Gasteiger partial charge in [0.2, 0.25) is 0 Å². The maximum absolute atomic E-state index is 11.9. The molecule has 2 aromatic rings. The van der Waals surface area contributed by atoms with E-state index in [2.05, 4.69) is 5.32 Å².